The Labute approximate surface area is 103 Å². The van der Waals surface area contributed by atoms with Crippen LogP contribution in [0.2, 0.25) is 0 Å². The third-order valence-electron chi connectivity index (χ3n) is 2.46. The van der Waals surface area contributed by atoms with Crippen molar-refractivity contribution in [2.75, 3.05) is 13.7 Å². The van der Waals surface area contributed by atoms with Crippen LogP contribution in [0.5, 0.6) is 5.88 Å². The van der Waals surface area contributed by atoms with E-state index in [9.17, 15) is 0 Å². The van der Waals surface area contributed by atoms with Gasteiger partial charge >= 0.3 is 0 Å². The molecule has 0 spiro atoms. The van der Waals surface area contributed by atoms with Gasteiger partial charge in [0, 0.05) is 6.42 Å². The van der Waals surface area contributed by atoms with Gasteiger partial charge in [0.15, 0.2) is 5.88 Å². The molecule has 0 fully saturated rings. The number of rotatable bonds is 4. The van der Waals surface area contributed by atoms with Crippen molar-refractivity contribution in [2.24, 2.45) is 5.73 Å². The predicted molar refractivity (Wildman–Crippen MR) is 66.8 cm³/mol. The van der Waals surface area contributed by atoms with Gasteiger partial charge in [-0.05, 0) is 41.0 Å². The molecule has 2 aromatic rings. The monoisotopic (exact) mass is 283 g/mol. The van der Waals surface area contributed by atoms with E-state index < -0.39 is 0 Å². The second-order valence-corrected chi connectivity index (χ2v) is 4.25. The van der Waals surface area contributed by atoms with E-state index in [1.165, 1.54) is 0 Å². The molecule has 0 aliphatic carbocycles. The van der Waals surface area contributed by atoms with Crippen LogP contribution in [0.25, 0.3) is 5.52 Å². The minimum absolute atomic E-state index is 0.668. The van der Waals surface area contributed by atoms with Gasteiger partial charge in [0.2, 0.25) is 0 Å². The Balaban J connectivity index is 2.55. The molecular weight excluding hydrogens is 270 g/mol. The molecule has 0 atom stereocenters. The molecule has 0 unspecified atom stereocenters. The fraction of sp³-hybridized carbons (Fsp3) is 0.364. The summed E-state index contributed by atoms with van der Waals surface area (Å²) in [6, 6.07) is 5.88. The highest BCUT2D eigenvalue weighted by Gasteiger charge is 2.11. The molecule has 0 aliphatic rings. The van der Waals surface area contributed by atoms with E-state index in [1.807, 2.05) is 22.6 Å². The van der Waals surface area contributed by atoms with Crippen LogP contribution >= 0.6 is 15.9 Å². The number of nitrogens with zero attached hydrogens (tertiary/aromatic N) is 2. The van der Waals surface area contributed by atoms with E-state index in [2.05, 4.69) is 20.9 Å². The number of aryl methyl sites for hydroxylation is 1. The van der Waals surface area contributed by atoms with E-state index in [4.69, 9.17) is 10.5 Å². The molecule has 0 amide bonds. The summed E-state index contributed by atoms with van der Waals surface area (Å²) in [7, 11) is 1.66. The van der Waals surface area contributed by atoms with Crippen LogP contribution in [-0.4, -0.2) is 23.0 Å². The van der Waals surface area contributed by atoms with Crippen LogP contribution in [0, 0.1) is 0 Å². The Morgan fingerprint density at radius 3 is 3.00 bits per heavy atom. The highest BCUT2D eigenvalue weighted by molar-refractivity contribution is 9.10. The molecule has 0 aromatic carbocycles. The lowest BCUT2D eigenvalue weighted by atomic mass is 10.3. The number of imidazole rings is 1. The van der Waals surface area contributed by atoms with E-state index in [1.54, 1.807) is 7.11 Å². The minimum Gasteiger partial charge on any atom is -0.482 e. The molecule has 4 nitrogen and oxygen atoms in total. The summed E-state index contributed by atoms with van der Waals surface area (Å²) in [4.78, 5) is 4.48. The van der Waals surface area contributed by atoms with E-state index >= 15 is 0 Å². The summed E-state index contributed by atoms with van der Waals surface area (Å²) in [6.07, 6.45) is 1.77. The maximum atomic E-state index is 5.52. The zero-order valence-corrected chi connectivity index (χ0v) is 10.7. The molecule has 2 heterocycles. The summed E-state index contributed by atoms with van der Waals surface area (Å²) in [6.45, 7) is 0.668. The molecule has 0 saturated heterocycles. The average Bonchev–Trinajstić information content (AvgIpc) is 2.64. The Morgan fingerprint density at radius 2 is 2.31 bits per heavy atom. The third kappa shape index (κ3) is 1.92. The zero-order chi connectivity index (χ0) is 11.5. The van der Waals surface area contributed by atoms with Crippen LogP contribution < -0.4 is 10.5 Å². The standard InChI is InChI=1S/C11H14BrN3O/c1-16-10-6-2-4-8-11(12)14-9(15(8)10)5-3-7-13/h2,4,6H,3,5,7,13H2,1H3. The third-order valence-corrected chi connectivity index (χ3v) is 3.05. The number of ether oxygens (including phenoxy) is 1. The molecule has 0 radical (unpaired) electrons. The SMILES string of the molecule is COc1cccc2c(Br)nc(CCCN)n12. The van der Waals surface area contributed by atoms with Crippen molar-refractivity contribution in [3.05, 3.63) is 28.6 Å². The number of pyridine rings is 1. The number of hydrogen-bond donors (Lipinski definition) is 1. The molecule has 0 bridgehead atoms. The molecular formula is C11H14BrN3O. The second-order valence-electron chi connectivity index (χ2n) is 3.50. The lowest BCUT2D eigenvalue weighted by molar-refractivity contribution is 0.390. The number of methoxy groups -OCH3 is 1. The summed E-state index contributed by atoms with van der Waals surface area (Å²) in [5.41, 5.74) is 6.54. The van der Waals surface area contributed by atoms with Crippen LogP contribution in [0.15, 0.2) is 22.8 Å². The first kappa shape index (κ1) is 11.4. The zero-order valence-electron chi connectivity index (χ0n) is 9.11. The maximum absolute atomic E-state index is 5.52. The van der Waals surface area contributed by atoms with Crippen molar-refractivity contribution in [3.8, 4) is 5.88 Å². The topological polar surface area (TPSA) is 52.5 Å². The van der Waals surface area contributed by atoms with E-state index in [0.29, 0.717) is 6.54 Å². The lowest BCUT2D eigenvalue weighted by Crippen LogP contribution is -2.04. The first-order valence-electron chi connectivity index (χ1n) is 5.18. The maximum Gasteiger partial charge on any atom is 0.199 e. The van der Waals surface area contributed by atoms with Gasteiger partial charge in [-0.15, -0.1) is 0 Å². The summed E-state index contributed by atoms with van der Waals surface area (Å²) >= 11 is 3.45. The summed E-state index contributed by atoms with van der Waals surface area (Å²) in [5.74, 6) is 1.77. The molecule has 0 saturated carbocycles. The van der Waals surface area contributed by atoms with Gasteiger partial charge in [-0.1, -0.05) is 6.07 Å². The van der Waals surface area contributed by atoms with Gasteiger partial charge in [-0.25, -0.2) is 4.98 Å². The van der Waals surface area contributed by atoms with Crippen molar-refractivity contribution >= 4 is 21.4 Å². The molecule has 5 heteroatoms. The van der Waals surface area contributed by atoms with E-state index in [0.717, 1.165) is 34.7 Å². The quantitative estimate of drug-likeness (QED) is 0.934. The summed E-state index contributed by atoms with van der Waals surface area (Å²) < 4.78 is 8.19. The van der Waals surface area contributed by atoms with E-state index in [-0.39, 0.29) is 0 Å². The van der Waals surface area contributed by atoms with Crippen molar-refractivity contribution in [3.63, 3.8) is 0 Å². The molecule has 2 aromatic heterocycles. The summed E-state index contributed by atoms with van der Waals surface area (Å²) in [5, 5.41) is 0. The Kier molecular flexibility index (Phi) is 3.46. The molecule has 0 aliphatic heterocycles. The van der Waals surface area contributed by atoms with Crippen molar-refractivity contribution in [1.29, 1.82) is 0 Å². The average molecular weight is 284 g/mol. The van der Waals surface area contributed by atoms with Crippen molar-refractivity contribution < 1.29 is 4.74 Å². The minimum atomic E-state index is 0.668. The van der Waals surface area contributed by atoms with Gasteiger partial charge in [-0.2, -0.15) is 0 Å². The molecule has 86 valence electrons. The lowest BCUT2D eigenvalue weighted by Gasteiger charge is -2.06. The van der Waals surface area contributed by atoms with Gasteiger partial charge in [0.05, 0.1) is 12.6 Å². The van der Waals surface area contributed by atoms with Gasteiger partial charge in [0.1, 0.15) is 10.4 Å². The second kappa shape index (κ2) is 4.84. The van der Waals surface area contributed by atoms with Crippen molar-refractivity contribution in [1.82, 2.24) is 9.38 Å². The fourth-order valence-corrected chi connectivity index (χ4v) is 2.24. The normalized spacial score (nSPS) is 10.9. The van der Waals surface area contributed by atoms with Crippen LogP contribution in [-0.2, 0) is 6.42 Å². The Morgan fingerprint density at radius 1 is 1.50 bits per heavy atom. The Bertz CT molecular complexity index is 495. The first-order chi connectivity index (χ1) is 7.77. The number of halogens is 1. The highest BCUT2D eigenvalue weighted by Crippen LogP contribution is 2.24. The van der Waals surface area contributed by atoms with Crippen molar-refractivity contribution in [2.45, 2.75) is 12.8 Å². The highest BCUT2D eigenvalue weighted by atomic mass is 79.9. The Hall–Kier alpha value is -1.07. The molecule has 2 N–H and O–H groups in total. The fourth-order valence-electron chi connectivity index (χ4n) is 1.72. The smallest absolute Gasteiger partial charge is 0.199 e. The largest absolute Gasteiger partial charge is 0.482 e. The molecule has 16 heavy (non-hydrogen) atoms. The molecule has 2 rings (SSSR count). The first-order valence-corrected chi connectivity index (χ1v) is 5.97. The number of aromatic nitrogens is 2. The van der Waals surface area contributed by atoms with Crippen LogP contribution in [0.4, 0.5) is 0 Å². The van der Waals surface area contributed by atoms with Gasteiger partial charge < -0.3 is 10.5 Å². The van der Waals surface area contributed by atoms with Crippen LogP contribution in [0.1, 0.15) is 12.2 Å². The number of nitrogens with two attached hydrogens (primary N) is 1. The van der Waals surface area contributed by atoms with Gasteiger partial charge in [-0.3, -0.25) is 4.40 Å². The van der Waals surface area contributed by atoms with Gasteiger partial charge in [0.25, 0.3) is 0 Å². The number of hydrogen-bond acceptors (Lipinski definition) is 3. The van der Waals surface area contributed by atoms with Crippen LogP contribution in [0.3, 0.4) is 0 Å². The number of fused-ring (bicyclic) bond motifs is 1. The predicted octanol–water partition coefficient (Wildman–Crippen LogP) is 2.00.